The molecule has 4 atom stereocenters. The van der Waals surface area contributed by atoms with E-state index in [2.05, 4.69) is 16.9 Å². The van der Waals surface area contributed by atoms with Crippen LogP contribution in [0.5, 0.6) is 11.6 Å². The number of aromatic nitrogens is 1. The Bertz CT molecular complexity index is 1550. The first-order chi connectivity index (χ1) is 20.2. The van der Waals surface area contributed by atoms with Crippen LogP contribution in [0.1, 0.15) is 46.5 Å². The van der Waals surface area contributed by atoms with Crippen molar-refractivity contribution in [1.29, 1.82) is 0 Å². The molecule has 1 unspecified atom stereocenters. The summed E-state index contributed by atoms with van der Waals surface area (Å²) >= 11 is 0. The molecule has 14 heteroatoms. The van der Waals surface area contributed by atoms with Gasteiger partial charge in [-0.2, -0.15) is 8.42 Å². The Morgan fingerprint density at radius 2 is 1.91 bits per heavy atom. The van der Waals surface area contributed by atoms with Crippen LogP contribution in [0.3, 0.4) is 0 Å². The Balaban J connectivity index is 1.36. The SMILES string of the molecule is C=C[C@@H]1CC1(NC(=O)[C@@H]1C[C@@H](Oc2nccc3cc(OC)ccc23)CN1C(=O)OC(C)(C)C)C(=O)NS(=O)(=O)OC1CC1. The van der Waals surface area contributed by atoms with Crippen LogP contribution < -0.4 is 19.5 Å². The zero-order chi connectivity index (χ0) is 31.2. The topological polar surface area (TPSA) is 162 Å². The number of fused-ring (bicyclic) bond motifs is 1. The van der Waals surface area contributed by atoms with Gasteiger partial charge >= 0.3 is 16.4 Å². The third kappa shape index (κ3) is 6.85. The van der Waals surface area contributed by atoms with E-state index in [-0.39, 0.29) is 19.4 Å². The molecule has 13 nitrogen and oxygen atoms in total. The molecule has 2 aromatic rings. The lowest BCUT2D eigenvalue weighted by atomic mass is 10.1. The fourth-order valence-corrected chi connectivity index (χ4v) is 6.08. The summed E-state index contributed by atoms with van der Waals surface area (Å²) in [5, 5.41) is 4.25. The average Bonchev–Trinajstić information content (AvgIpc) is 3.83. The third-order valence-corrected chi connectivity index (χ3v) is 8.42. The largest absolute Gasteiger partial charge is 0.497 e. The van der Waals surface area contributed by atoms with Crippen molar-refractivity contribution in [2.45, 2.75) is 75.8 Å². The van der Waals surface area contributed by atoms with Gasteiger partial charge in [-0.1, -0.05) is 6.08 Å². The van der Waals surface area contributed by atoms with E-state index < -0.39 is 63.5 Å². The molecular weight excluding hydrogens is 580 g/mol. The van der Waals surface area contributed by atoms with E-state index in [0.717, 1.165) is 10.8 Å². The van der Waals surface area contributed by atoms with Crippen LogP contribution in [0.4, 0.5) is 4.79 Å². The molecule has 0 spiro atoms. The van der Waals surface area contributed by atoms with Gasteiger partial charge in [0.15, 0.2) is 0 Å². The second-order valence-electron chi connectivity index (χ2n) is 12.0. The minimum atomic E-state index is -4.36. The van der Waals surface area contributed by atoms with Crippen LogP contribution in [0.2, 0.25) is 0 Å². The molecule has 3 amide bonds. The van der Waals surface area contributed by atoms with E-state index >= 15 is 0 Å². The molecule has 2 heterocycles. The number of benzene rings is 1. The van der Waals surface area contributed by atoms with Gasteiger partial charge in [-0.05, 0) is 69.7 Å². The standard InChI is InChI=1S/C29H36N4O9S/c1-6-18-15-29(18,26(35)32-43(37,38)42-19-7-8-19)31-24(34)23-14-21(16-33(23)27(36)41-28(2,3)4)40-25-22-10-9-20(39-5)13-17(22)11-12-30-25/h6,9-13,18-19,21,23H,1,7-8,14-16H2,2-5H3,(H,31,34)(H,32,35)/t18-,21-,23+,29?/m1/s1. The number of methoxy groups -OCH3 is 1. The van der Waals surface area contributed by atoms with Gasteiger partial charge in [0, 0.05) is 23.9 Å². The summed E-state index contributed by atoms with van der Waals surface area (Å²) < 4.78 is 48.6. The molecule has 2 saturated carbocycles. The van der Waals surface area contributed by atoms with Gasteiger partial charge in [-0.15, -0.1) is 6.58 Å². The molecule has 2 aliphatic carbocycles. The first-order valence-corrected chi connectivity index (χ1v) is 15.4. The highest BCUT2D eigenvalue weighted by Crippen LogP contribution is 2.45. The molecule has 0 bridgehead atoms. The Kier molecular flexibility index (Phi) is 8.03. The lowest BCUT2D eigenvalue weighted by Gasteiger charge is -2.29. The van der Waals surface area contributed by atoms with Crippen LogP contribution >= 0.6 is 0 Å². The molecule has 1 aromatic heterocycles. The summed E-state index contributed by atoms with van der Waals surface area (Å²) in [5.74, 6) is -1.13. The molecule has 232 valence electrons. The highest BCUT2D eigenvalue weighted by atomic mass is 32.2. The number of pyridine rings is 1. The molecule has 1 saturated heterocycles. The molecular formula is C29H36N4O9S. The number of carbonyl (C=O) groups excluding carboxylic acids is 3. The minimum Gasteiger partial charge on any atom is -0.497 e. The summed E-state index contributed by atoms with van der Waals surface area (Å²) in [7, 11) is -2.79. The van der Waals surface area contributed by atoms with Crippen molar-refractivity contribution in [3.63, 3.8) is 0 Å². The van der Waals surface area contributed by atoms with E-state index in [1.54, 1.807) is 40.1 Å². The van der Waals surface area contributed by atoms with Crippen molar-refractivity contribution in [2.24, 2.45) is 5.92 Å². The Morgan fingerprint density at radius 3 is 2.53 bits per heavy atom. The Hall–Kier alpha value is -3.91. The summed E-state index contributed by atoms with van der Waals surface area (Å²) in [6, 6.07) is 6.17. The van der Waals surface area contributed by atoms with Gasteiger partial charge in [0.25, 0.3) is 5.91 Å². The number of nitrogens with one attached hydrogen (secondary N) is 2. The first kappa shape index (κ1) is 30.5. The minimum absolute atomic E-state index is 0.00884. The number of rotatable bonds is 10. The maximum atomic E-state index is 13.7. The van der Waals surface area contributed by atoms with Crippen molar-refractivity contribution >= 4 is 39.0 Å². The van der Waals surface area contributed by atoms with Crippen molar-refractivity contribution < 1.29 is 41.2 Å². The zero-order valence-corrected chi connectivity index (χ0v) is 25.3. The number of amides is 3. The predicted octanol–water partition coefficient (Wildman–Crippen LogP) is 2.60. The van der Waals surface area contributed by atoms with E-state index in [9.17, 15) is 22.8 Å². The quantitative estimate of drug-likeness (QED) is 0.380. The smallest absolute Gasteiger partial charge is 0.411 e. The number of ether oxygens (including phenoxy) is 3. The number of carbonyl (C=O) groups is 3. The van der Waals surface area contributed by atoms with Crippen LogP contribution in [0.25, 0.3) is 10.8 Å². The van der Waals surface area contributed by atoms with Crippen molar-refractivity contribution in [3.05, 3.63) is 43.1 Å². The lowest BCUT2D eigenvalue weighted by molar-refractivity contribution is -0.131. The summed E-state index contributed by atoms with van der Waals surface area (Å²) in [4.78, 5) is 45.8. The number of hydrogen-bond acceptors (Lipinski definition) is 10. The second kappa shape index (κ2) is 11.3. The molecule has 3 aliphatic rings. The summed E-state index contributed by atoms with van der Waals surface area (Å²) in [5.41, 5.74) is -2.40. The van der Waals surface area contributed by atoms with Crippen molar-refractivity contribution in [3.8, 4) is 11.6 Å². The van der Waals surface area contributed by atoms with Gasteiger partial charge < -0.3 is 19.5 Å². The van der Waals surface area contributed by atoms with Gasteiger partial charge in [-0.3, -0.25) is 18.7 Å². The van der Waals surface area contributed by atoms with Crippen molar-refractivity contribution in [2.75, 3.05) is 13.7 Å². The zero-order valence-electron chi connectivity index (χ0n) is 24.5. The monoisotopic (exact) mass is 616 g/mol. The lowest BCUT2D eigenvalue weighted by Crippen LogP contribution is -2.56. The third-order valence-electron chi connectivity index (χ3n) is 7.46. The van der Waals surface area contributed by atoms with E-state index in [1.165, 1.54) is 11.0 Å². The van der Waals surface area contributed by atoms with E-state index in [1.807, 2.05) is 22.9 Å². The molecule has 3 fully saturated rings. The van der Waals surface area contributed by atoms with Gasteiger partial charge in [-0.25, -0.2) is 14.5 Å². The average molecular weight is 617 g/mol. The first-order valence-electron chi connectivity index (χ1n) is 14.0. The second-order valence-corrected chi connectivity index (χ2v) is 13.3. The highest BCUT2D eigenvalue weighted by Gasteiger charge is 2.61. The molecule has 2 N–H and O–H groups in total. The Labute approximate surface area is 250 Å². The summed E-state index contributed by atoms with van der Waals surface area (Å²) in [6.45, 7) is 8.84. The van der Waals surface area contributed by atoms with Crippen LogP contribution in [-0.4, -0.2) is 79.3 Å². The van der Waals surface area contributed by atoms with Crippen LogP contribution in [0, 0.1) is 5.92 Å². The fraction of sp³-hybridized carbons (Fsp3) is 0.517. The van der Waals surface area contributed by atoms with Crippen LogP contribution in [-0.2, 0) is 28.8 Å². The normalized spacial score (nSPS) is 25.1. The molecule has 43 heavy (non-hydrogen) atoms. The van der Waals surface area contributed by atoms with E-state index in [4.69, 9.17) is 18.4 Å². The molecule has 1 aliphatic heterocycles. The predicted molar refractivity (Wildman–Crippen MR) is 154 cm³/mol. The number of nitrogens with zero attached hydrogens (tertiary/aromatic N) is 2. The maximum Gasteiger partial charge on any atom is 0.411 e. The maximum absolute atomic E-state index is 13.7. The number of hydrogen-bond donors (Lipinski definition) is 2. The van der Waals surface area contributed by atoms with Gasteiger partial charge in [0.1, 0.15) is 29.0 Å². The summed E-state index contributed by atoms with van der Waals surface area (Å²) in [6.07, 6.45) is 2.60. The van der Waals surface area contributed by atoms with Crippen molar-refractivity contribution in [1.82, 2.24) is 19.9 Å². The van der Waals surface area contributed by atoms with Gasteiger partial charge in [0.05, 0.1) is 19.8 Å². The number of likely N-dealkylation sites (tertiary alicyclic amines) is 1. The molecule has 0 radical (unpaired) electrons. The van der Waals surface area contributed by atoms with Gasteiger partial charge in [0.2, 0.25) is 11.8 Å². The molecule has 1 aromatic carbocycles. The highest BCUT2D eigenvalue weighted by molar-refractivity contribution is 7.85. The molecule has 5 rings (SSSR count). The van der Waals surface area contributed by atoms with Crippen LogP contribution in [0.15, 0.2) is 43.1 Å². The fourth-order valence-electron chi connectivity index (χ4n) is 5.07. The Morgan fingerprint density at radius 1 is 1.16 bits per heavy atom. The van der Waals surface area contributed by atoms with E-state index in [0.29, 0.717) is 24.5 Å².